The summed E-state index contributed by atoms with van der Waals surface area (Å²) in [4.78, 5) is 12.9. The van der Waals surface area contributed by atoms with Crippen molar-refractivity contribution in [3.8, 4) is 5.75 Å². The number of thioether (sulfide) groups is 1. The van der Waals surface area contributed by atoms with E-state index in [0.29, 0.717) is 13.0 Å². The van der Waals surface area contributed by atoms with E-state index in [1.54, 1.807) is 24.1 Å². The van der Waals surface area contributed by atoms with Crippen LogP contribution in [0, 0.1) is 0 Å². The van der Waals surface area contributed by atoms with E-state index in [9.17, 15) is 4.79 Å². The molecule has 0 atom stereocenters. The Morgan fingerprint density at radius 1 is 1.17 bits per heavy atom. The molecular weight excluding hydrogens is 320 g/mol. The van der Waals surface area contributed by atoms with Crippen LogP contribution in [0.4, 0.5) is 0 Å². The maximum absolute atomic E-state index is 11.7. The average molecular weight is 340 g/mol. The van der Waals surface area contributed by atoms with E-state index in [-0.39, 0.29) is 5.91 Å². The maximum Gasteiger partial charge on any atom is 0.240 e. The second-order valence-corrected chi connectivity index (χ2v) is 6.04. The zero-order valence-corrected chi connectivity index (χ0v) is 14.2. The van der Waals surface area contributed by atoms with Gasteiger partial charge in [-0.05, 0) is 42.0 Å². The second kappa shape index (κ2) is 10.3. The highest BCUT2D eigenvalue weighted by molar-refractivity contribution is 7.99. The minimum atomic E-state index is -0.0967. The van der Waals surface area contributed by atoms with Gasteiger partial charge in [0.15, 0.2) is 0 Å². The molecule has 0 saturated heterocycles. The summed E-state index contributed by atoms with van der Waals surface area (Å²) < 4.78 is 5.40. The van der Waals surface area contributed by atoms with Crippen LogP contribution >= 0.6 is 11.8 Å². The summed E-state index contributed by atoms with van der Waals surface area (Å²) in [6.07, 6.45) is 3.73. The Kier molecular flexibility index (Phi) is 7.63. The van der Waals surface area contributed by atoms with Crippen LogP contribution in [-0.2, 0) is 4.79 Å². The van der Waals surface area contributed by atoms with Crippen molar-refractivity contribution in [3.63, 3.8) is 0 Å². The van der Waals surface area contributed by atoms with Crippen molar-refractivity contribution in [3.05, 3.63) is 72.8 Å². The molecule has 1 amide bonds. The first kappa shape index (κ1) is 17.8. The molecule has 2 aromatic carbocycles. The largest absolute Gasteiger partial charge is 0.490 e. The molecule has 0 fully saturated rings. The molecule has 0 aliphatic heterocycles. The highest BCUT2D eigenvalue weighted by Gasteiger charge is 2.00. The molecule has 0 bridgehead atoms. The number of hydrogen-bond acceptors (Lipinski definition) is 4. The molecule has 0 aliphatic carbocycles. The number of carbonyl (C=O) groups excluding carboxylic acids is 1. The standard InChI is InChI=1S/C19H20N2O2S/c1-2-13-23-17-10-8-16(9-11-17)15-20-21-19(22)12-14-24-18-6-4-3-5-7-18/h2-11,15H,1,12-14H2,(H,21,22)/b20-15+. The zero-order chi connectivity index (χ0) is 17.0. The lowest BCUT2D eigenvalue weighted by molar-refractivity contribution is -0.120. The first-order valence-corrected chi connectivity index (χ1v) is 8.60. The number of hydrazone groups is 1. The second-order valence-electron chi connectivity index (χ2n) is 4.87. The Balaban J connectivity index is 1.69. The third kappa shape index (κ3) is 6.71. The fraction of sp³-hybridized carbons (Fsp3) is 0.158. The van der Waals surface area contributed by atoms with Crippen molar-refractivity contribution in [2.24, 2.45) is 5.10 Å². The van der Waals surface area contributed by atoms with E-state index in [0.717, 1.165) is 22.0 Å². The van der Waals surface area contributed by atoms with E-state index < -0.39 is 0 Å². The first-order chi connectivity index (χ1) is 11.8. The number of nitrogens with zero attached hydrogens (tertiary/aromatic N) is 1. The van der Waals surface area contributed by atoms with Gasteiger partial charge in [0.1, 0.15) is 12.4 Å². The number of amides is 1. The molecule has 0 aromatic heterocycles. The van der Waals surface area contributed by atoms with Crippen molar-refractivity contribution in [2.75, 3.05) is 12.4 Å². The molecule has 0 saturated carbocycles. The molecular formula is C19H20N2O2S. The summed E-state index contributed by atoms with van der Waals surface area (Å²) in [5.41, 5.74) is 3.43. The lowest BCUT2D eigenvalue weighted by Gasteiger charge is -2.03. The Bertz CT molecular complexity index is 670. The van der Waals surface area contributed by atoms with Crippen LogP contribution in [0.5, 0.6) is 5.75 Å². The molecule has 5 heteroatoms. The molecule has 2 rings (SSSR count). The van der Waals surface area contributed by atoms with Crippen molar-refractivity contribution in [1.82, 2.24) is 5.43 Å². The van der Waals surface area contributed by atoms with Gasteiger partial charge in [0, 0.05) is 17.1 Å². The van der Waals surface area contributed by atoms with Gasteiger partial charge in [-0.2, -0.15) is 5.10 Å². The number of ether oxygens (including phenoxy) is 1. The van der Waals surface area contributed by atoms with Crippen LogP contribution in [0.3, 0.4) is 0 Å². The Hall–Kier alpha value is -2.53. The van der Waals surface area contributed by atoms with Gasteiger partial charge in [-0.25, -0.2) is 5.43 Å². The van der Waals surface area contributed by atoms with Gasteiger partial charge in [-0.15, -0.1) is 11.8 Å². The van der Waals surface area contributed by atoms with Gasteiger partial charge in [-0.1, -0.05) is 30.9 Å². The summed E-state index contributed by atoms with van der Waals surface area (Å²) in [7, 11) is 0. The third-order valence-electron chi connectivity index (χ3n) is 2.99. The topological polar surface area (TPSA) is 50.7 Å². The smallest absolute Gasteiger partial charge is 0.240 e. The lowest BCUT2D eigenvalue weighted by Crippen LogP contribution is -2.17. The molecule has 0 heterocycles. The van der Waals surface area contributed by atoms with E-state index in [1.807, 2.05) is 54.6 Å². The van der Waals surface area contributed by atoms with Crippen LogP contribution in [0.25, 0.3) is 0 Å². The third-order valence-corrected chi connectivity index (χ3v) is 4.01. The van der Waals surface area contributed by atoms with E-state index >= 15 is 0 Å². The van der Waals surface area contributed by atoms with E-state index in [2.05, 4.69) is 17.1 Å². The van der Waals surface area contributed by atoms with Crippen LogP contribution in [0.15, 0.2) is 77.2 Å². The number of hydrogen-bond donors (Lipinski definition) is 1. The van der Waals surface area contributed by atoms with Crippen molar-refractivity contribution >= 4 is 23.9 Å². The summed E-state index contributed by atoms with van der Waals surface area (Å²) in [5, 5.41) is 3.97. The van der Waals surface area contributed by atoms with E-state index in [4.69, 9.17) is 4.74 Å². The zero-order valence-electron chi connectivity index (χ0n) is 13.4. The molecule has 0 aliphatic rings. The normalized spacial score (nSPS) is 10.5. The first-order valence-electron chi connectivity index (χ1n) is 7.61. The molecule has 24 heavy (non-hydrogen) atoms. The highest BCUT2D eigenvalue weighted by Crippen LogP contribution is 2.17. The Morgan fingerprint density at radius 3 is 2.62 bits per heavy atom. The quantitative estimate of drug-likeness (QED) is 0.326. The molecule has 0 spiro atoms. The van der Waals surface area contributed by atoms with Gasteiger partial charge in [0.2, 0.25) is 5.91 Å². The summed E-state index contributed by atoms with van der Waals surface area (Å²) in [6.45, 7) is 4.08. The van der Waals surface area contributed by atoms with Gasteiger partial charge < -0.3 is 4.74 Å². The number of benzene rings is 2. The molecule has 1 N–H and O–H groups in total. The van der Waals surface area contributed by atoms with E-state index in [1.165, 1.54) is 0 Å². The molecule has 124 valence electrons. The maximum atomic E-state index is 11.7. The average Bonchev–Trinajstić information content (AvgIpc) is 2.62. The van der Waals surface area contributed by atoms with Gasteiger partial charge >= 0.3 is 0 Å². The minimum Gasteiger partial charge on any atom is -0.490 e. The van der Waals surface area contributed by atoms with Gasteiger partial charge in [0.05, 0.1) is 6.21 Å². The Morgan fingerprint density at radius 2 is 1.92 bits per heavy atom. The van der Waals surface area contributed by atoms with Crippen LogP contribution in [-0.4, -0.2) is 24.5 Å². The lowest BCUT2D eigenvalue weighted by atomic mass is 10.2. The van der Waals surface area contributed by atoms with Gasteiger partial charge in [-0.3, -0.25) is 4.79 Å². The minimum absolute atomic E-state index is 0.0967. The monoisotopic (exact) mass is 340 g/mol. The molecule has 2 aromatic rings. The SMILES string of the molecule is C=CCOc1ccc(/C=N/NC(=O)CCSc2ccccc2)cc1. The fourth-order valence-electron chi connectivity index (χ4n) is 1.82. The van der Waals surface area contributed by atoms with Gasteiger partial charge in [0.25, 0.3) is 0 Å². The summed E-state index contributed by atoms with van der Waals surface area (Å²) >= 11 is 1.65. The highest BCUT2D eigenvalue weighted by atomic mass is 32.2. The number of rotatable bonds is 9. The Labute approximate surface area is 146 Å². The van der Waals surface area contributed by atoms with Crippen molar-refractivity contribution < 1.29 is 9.53 Å². The summed E-state index contributed by atoms with van der Waals surface area (Å²) in [6, 6.07) is 17.5. The molecule has 0 radical (unpaired) electrons. The predicted molar refractivity (Wildman–Crippen MR) is 99.7 cm³/mol. The van der Waals surface area contributed by atoms with Crippen molar-refractivity contribution in [2.45, 2.75) is 11.3 Å². The number of carbonyl (C=O) groups is 1. The fourth-order valence-corrected chi connectivity index (χ4v) is 2.69. The van der Waals surface area contributed by atoms with Crippen molar-refractivity contribution in [1.29, 1.82) is 0 Å². The predicted octanol–water partition coefficient (Wildman–Crippen LogP) is 3.88. The van der Waals surface area contributed by atoms with Crippen LogP contribution in [0.1, 0.15) is 12.0 Å². The number of nitrogens with one attached hydrogen (secondary N) is 1. The summed E-state index contributed by atoms with van der Waals surface area (Å²) in [5.74, 6) is 1.40. The molecule has 0 unspecified atom stereocenters. The van der Waals surface area contributed by atoms with Crippen LogP contribution < -0.4 is 10.2 Å². The molecule has 4 nitrogen and oxygen atoms in total. The van der Waals surface area contributed by atoms with Crippen LogP contribution in [0.2, 0.25) is 0 Å².